The molecule has 6 rings (SSSR count). The summed E-state index contributed by atoms with van der Waals surface area (Å²) >= 11 is 0. The highest BCUT2D eigenvalue weighted by molar-refractivity contribution is 6.26. The van der Waals surface area contributed by atoms with Crippen molar-refractivity contribution in [2.75, 3.05) is 63.7 Å². The normalized spacial score (nSPS) is 14.5. The molecular formula is C33H35N7O7. The summed E-state index contributed by atoms with van der Waals surface area (Å²) in [5.41, 5.74) is 2.86. The van der Waals surface area contributed by atoms with Gasteiger partial charge in [-0.15, -0.1) is 4.68 Å². The van der Waals surface area contributed by atoms with E-state index in [1.54, 1.807) is 44.6 Å². The molecule has 1 aromatic heterocycles. The van der Waals surface area contributed by atoms with Crippen molar-refractivity contribution >= 4 is 28.6 Å². The molecule has 1 N–H and O–H groups in total. The van der Waals surface area contributed by atoms with E-state index in [-0.39, 0.29) is 45.5 Å². The number of methoxy groups -OCH3 is 2. The lowest BCUT2D eigenvalue weighted by Crippen LogP contribution is -2.47. The summed E-state index contributed by atoms with van der Waals surface area (Å²) in [5.74, 6) is 0.478. The van der Waals surface area contributed by atoms with Crippen LogP contribution >= 0.6 is 0 Å². The SMILES string of the molecule is COc1ccc(CCNc2cc(N3CCN(CCCn4c5c(n[n+]4[O-])C(=O)c4ccccc4C5=O)CC3)ccc2[N+](=O)[O-])cc1OC. The maximum Gasteiger partial charge on any atom is 0.292 e. The summed E-state index contributed by atoms with van der Waals surface area (Å²) < 4.78 is 11.9. The lowest BCUT2D eigenvalue weighted by molar-refractivity contribution is -0.749. The van der Waals surface area contributed by atoms with Gasteiger partial charge >= 0.3 is 0 Å². The van der Waals surface area contributed by atoms with E-state index in [1.807, 2.05) is 24.3 Å². The molecule has 1 saturated heterocycles. The average molecular weight is 642 g/mol. The third-order valence-electron chi connectivity index (χ3n) is 8.66. The Morgan fingerprint density at radius 3 is 2.34 bits per heavy atom. The third kappa shape index (κ3) is 6.31. The molecule has 1 aliphatic carbocycles. The number of benzene rings is 3. The minimum absolute atomic E-state index is 0.0145. The van der Waals surface area contributed by atoms with Crippen molar-refractivity contribution in [3.8, 4) is 11.5 Å². The van der Waals surface area contributed by atoms with Crippen LogP contribution in [-0.2, 0) is 13.0 Å². The summed E-state index contributed by atoms with van der Waals surface area (Å²) in [6.07, 6.45) is 1.21. The molecule has 0 atom stereocenters. The molecule has 1 aliphatic heterocycles. The van der Waals surface area contributed by atoms with Crippen LogP contribution in [0.4, 0.5) is 17.1 Å². The number of nitro benzene ring substituents is 1. The predicted octanol–water partition coefficient (Wildman–Crippen LogP) is 3.08. The number of carbonyl (C=O) groups is 2. The largest absolute Gasteiger partial charge is 0.571 e. The molecule has 1 fully saturated rings. The van der Waals surface area contributed by atoms with Gasteiger partial charge in [0.25, 0.3) is 5.69 Å². The number of nitro groups is 1. The second kappa shape index (κ2) is 13.5. The molecule has 3 aromatic carbocycles. The van der Waals surface area contributed by atoms with Crippen LogP contribution in [0.1, 0.15) is 44.1 Å². The number of aromatic nitrogens is 3. The van der Waals surface area contributed by atoms with Gasteiger partial charge in [-0.25, -0.2) is 0 Å². The van der Waals surface area contributed by atoms with Crippen LogP contribution in [0.5, 0.6) is 11.5 Å². The molecule has 0 amide bonds. The fourth-order valence-electron chi connectivity index (χ4n) is 6.18. The molecule has 14 heteroatoms. The molecule has 0 unspecified atom stereocenters. The van der Waals surface area contributed by atoms with Gasteiger partial charge in [-0.05, 0) is 42.7 Å². The number of ether oxygens (including phenoxy) is 2. The number of hydrogen-bond donors (Lipinski definition) is 1. The van der Waals surface area contributed by atoms with Crippen LogP contribution in [0, 0.1) is 15.3 Å². The van der Waals surface area contributed by atoms with Gasteiger partial charge in [0.05, 0.1) is 25.7 Å². The Morgan fingerprint density at radius 2 is 1.64 bits per heavy atom. The van der Waals surface area contributed by atoms with Gasteiger partial charge in [0.15, 0.2) is 17.2 Å². The molecule has 14 nitrogen and oxygen atoms in total. The van der Waals surface area contributed by atoms with Gasteiger partial charge in [0.1, 0.15) is 5.69 Å². The lowest BCUT2D eigenvalue weighted by Gasteiger charge is -2.36. The first kappa shape index (κ1) is 31.5. The molecule has 4 aromatic rings. The van der Waals surface area contributed by atoms with E-state index in [0.717, 1.165) is 24.3 Å². The molecule has 2 aliphatic rings. The van der Waals surface area contributed by atoms with Crippen molar-refractivity contribution in [3.63, 3.8) is 0 Å². The van der Waals surface area contributed by atoms with E-state index in [1.165, 1.54) is 10.7 Å². The number of hydrogen-bond acceptors (Lipinski definition) is 11. The zero-order chi connectivity index (χ0) is 33.1. The van der Waals surface area contributed by atoms with Gasteiger partial charge < -0.3 is 24.9 Å². The highest BCUT2D eigenvalue weighted by Crippen LogP contribution is 2.31. The summed E-state index contributed by atoms with van der Waals surface area (Å²) in [4.78, 5) is 42.2. The molecule has 244 valence electrons. The fourth-order valence-corrected chi connectivity index (χ4v) is 6.18. The minimum Gasteiger partial charge on any atom is -0.571 e. The lowest BCUT2D eigenvalue weighted by atomic mass is 9.90. The van der Waals surface area contributed by atoms with E-state index in [0.29, 0.717) is 61.2 Å². The van der Waals surface area contributed by atoms with Gasteiger partial charge in [-0.3, -0.25) is 24.6 Å². The first-order valence-corrected chi connectivity index (χ1v) is 15.4. The van der Waals surface area contributed by atoms with Crippen molar-refractivity contribution in [2.45, 2.75) is 19.4 Å². The van der Waals surface area contributed by atoms with Gasteiger partial charge in [-0.2, -0.15) is 0 Å². The van der Waals surface area contributed by atoms with Crippen LogP contribution in [0.15, 0.2) is 60.7 Å². The van der Waals surface area contributed by atoms with Crippen LogP contribution < -0.4 is 24.7 Å². The van der Waals surface area contributed by atoms with E-state index in [2.05, 4.69) is 20.2 Å². The number of rotatable bonds is 12. The number of nitrogens with one attached hydrogen (secondary N) is 1. The Hall–Kier alpha value is -5.50. The number of piperazine rings is 1. The first-order valence-electron chi connectivity index (χ1n) is 15.4. The van der Waals surface area contributed by atoms with E-state index >= 15 is 0 Å². The second-order valence-corrected chi connectivity index (χ2v) is 11.4. The van der Waals surface area contributed by atoms with Crippen molar-refractivity contribution in [1.29, 1.82) is 0 Å². The van der Waals surface area contributed by atoms with E-state index < -0.39 is 5.78 Å². The summed E-state index contributed by atoms with van der Waals surface area (Å²) in [7, 11) is 3.16. The van der Waals surface area contributed by atoms with Crippen LogP contribution in [-0.4, -0.2) is 84.7 Å². The molecule has 47 heavy (non-hydrogen) atoms. The molecule has 0 radical (unpaired) electrons. The molecule has 2 heterocycles. The Kier molecular flexibility index (Phi) is 9.02. The first-order chi connectivity index (χ1) is 22.8. The van der Waals surface area contributed by atoms with Gasteiger partial charge in [0.2, 0.25) is 17.3 Å². The van der Waals surface area contributed by atoms with Gasteiger partial charge in [-0.1, -0.05) is 30.3 Å². The summed E-state index contributed by atoms with van der Waals surface area (Å²) in [5, 5.41) is 31.4. The van der Waals surface area contributed by atoms with Crippen molar-refractivity contribution < 1.29 is 28.9 Å². The number of fused-ring (bicyclic) bond motifs is 2. The Labute approximate surface area is 270 Å². The monoisotopic (exact) mass is 641 g/mol. The van der Waals surface area contributed by atoms with Gasteiger partial charge in [0, 0.05) is 72.2 Å². The standard InChI is InChI=1S/C33H35N7O7/c1-46-28-11-8-22(20-29(28)47-2)12-13-34-26-21-23(9-10-27(26)39(43)44)37-18-16-36(17-19-37)14-5-15-38-31-30(35-40(38)45)32(41)24-6-3-4-7-25(24)33(31)42/h3-4,6-11,20-21,34H,5,12-19H2,1-2H3. The highest BCUT2D eigenvalue weighted by Gasteiger charge is 2.39. The molecule has 0 saturated carbocycles. The Bertz CT molecular complexity index is 1830. The summed E-state index contributed by atoms with van der Waals surface area (Å²) in [6.45, 7) is 4.36. The molecule has 0 spiro atoms. The maximum atomic E-state index is 13.1. The number of anilines is 2. The maximum absolute atomic E-state index is 13.1. The smallest absolute Gasteiger partial charge is 0.292 e. The average Bonchev–Trinajstić information content (AvgIpc) is 3.43. The van der Waals surface area contributed by atoms with Crippen LogP contribution in [0.2, 0.25) is 0 Å². The zero-order valence-corrected chi connectivity index (χ0v) is 26.2. The number of nitrogens with zero attached hydrogens (tertiary/aromatic N) is 6. The zero-order valence-electron chi connectivity index (χ0n) is 26.2. The summed E-state index contributed by atoms with van der Waals surface area (Å²) in [6, 6.07) is 17.3. The Morgan fingerprint density at radius 1 is 0.915 bits per heavy atom. The second-order valence-electron chi connectivity index (χ2n) is 11.4. The van der Waals surface area contributed by atoms with E-state index in [9.17, 15) is 24.9 Å². The van der Waals surface area contributed by atoms with E-state index in [4.69, 9.17) is 9.47 Å². The number of ketones is 2. The Balaban J connectivity index is 1.04. The van der Waals surface area contributed by atoms with Crippen molar-refractivity contribution in [1.82, 2.24) is 14.7 Å². The highest BCUT2D eigenvalue weighted by atomic mass is 16.6. The number of carbonyl (C=O) groups excluding carboxylic acids is 2. The topological polar surface area (TPSA) is 159 Å². The quantitative estimate of drug-likeness (QED) is 0.0923. The fraction of sp³-hybridized carbons (Fsp3) is 0.333. The minimum atomic E-state index is -0.419. The third-order valence-corrected chi connectivity index (χ3v) is 8.66. The van der Waals surface area contributed by atoms with Crippen LogP contribution in [0.3, 0.4) is 0 Å². The van der Waals surface area contributed by atoms with Crippen molar-refractivity contribution in [2.24, 2.45) is 0 Å². The molecule has 0 bridgehead atoms. The predicted molar refractivity (Wildman–Crippen MR) is 173 cm³/mol. The van der Waals surface area contributed by atoms with Crippen LogP contribution in [0.25, 0.3) is 0 Å². The molecular weight excluding hydrogens is 606 g/mol. The van der Waals surface area contributed by atoms with Crippen molar-refractivity contribution in [3.05, 3.63) is 104 Å².